The molecule has 1 unspecified atom stereocenters. The number of nitrogens with zero attached hydrogens (tertiary/aromatic N) is 2. The summed E-state index contributed by atoms with van der Waals surface area (Å²) >= 11 is 0. The summed E-state index contributed by atoms with van der Waals surface area (Å²) in [4.78, 5) is 9.99. The summed E-state index contributed by atoms with van der Waals surface area (Å²) in [5.74, 6) is 0.116. The van der Waals surface area contributed by atoms with Crippen LogP contribution < -0.4 is 0 Å². The van der Waals surface area contributed by atoms with E-state index < -0.39 is 0 Å². The summed E-state index contributed by atoms with van der Waals surface area (Å²) in [6, 6.07) is 33.4. The minimum Gasteiger partial charge on any atom is -0.256 e. The smallest absolute Gasteiger partial charge is 0.0705 e. The average Bonchev–Trinajstić information content (AvgIpc) is 2.80. The molecule has 2 aromatic carbocycles. The molecule has 0 fully saturated rings. The van der Waals surface area contributed by atoms with Crippen LogP contribution in [0, 0.1) is 0 Å². The molecule has 0 aliphatic carbocycles. The summed E-state index contributed by atoms with van der Waals surface area (Å²) in [5, 5.41) is 0. The largest absolute Gasteiger partial charge is 0.256 e. The normalized spacial score (nSPS) is 12.5. The Morgan fingerprint density at radius 2 is 1.21 bits per heavy atom. The Kier molecular flexibility index (Phi) is 5.26. The maximum atomic E-state index is 5.06. The minimum absolute atomic E-state index is 0.116. The van der Waals surface area contributed by atoms with Gasteiger partial charge in [0.1, 0.15) is 0 Å². The molecule has 2 nitrogen and oxygen atoms in total. The van der Waals surface area contributed by atoms with Gasteiger partial charge in [0.25, 0.3) is 0 Å². The fourth-order valence-electron chi connectivity index (χ4n) is 3.66. The van der Waals surface area contributed by atoms with Gasteiger partial charge in [-0.3, -0.25) is 9.97 Å². The Bertz CT molecular complexity index is 1090. The third-order valence-electron chi connectivity index (χ3n) is 5.63. The zero-order valence-electron chi connectivity index (χ0n) is 17.2. The predicted molar refractivity (Wildman–Crippen MR) is 120 cm³/mol. The third-order valence-corrected chi connectivity index (χ3v) is 5.63. The predicted octanol–water partition coefficient (Wildman–Crippen LogP) is 6.62. The quantitative estimate of drug-likeness (QED) is 0.390. The van der Waals surface area contributed by atoms with Crippen LogP contribution in [0.2, 0.25) is 0 Å². The Morgan fingerprint density at radius 3 is 1.90 bits per heavy atom. The maximum absolute atomic E-state index is 5.06. The Labute approximate surface area is 173 Å². The summed E-state index contributed by atoms with van der Waals surface area (Å²) in [6.07, 6.45) is 0. The van der Waals surface area contributed by atoms with Crippen LogP contribution >= 0.6 is 0 Å². The molecule has 2 aromatic heterocycles. The molecular formula is C27H26N2. The van der Waals surface area contributed by atoms with Gasteiger partial charge in [0.05, 0.1) is 11.4 Å². The van der Waals surface area contributed by atoms with Crippen molar-refractivity contribution in [1.29, 1.82) is 0 Å². The van der Waals surface area contributed by atoms with Gasteiger partial charge in [-0.25, -0.2) is 0 Å². The maximum Gasteiger partial charge on any atom is 0.0705 e. The molecule has 0 saturated heterocycles. The molecule has 2 heteroatoms. The molecule has 0 aliphatic heterocycles. The second kappa shape index (κ2) is 8.00. The van der Waals surface area contributed by atoms with Gasteiger partial charge in [-0.05, 0) is 29.8 Å². The molecular weight excluding hydrogens is 352 g/mol. The number of benzene rings is 2. The first-order valence-corrected chi connectivity index (χ1v) is 10.1. The van der Waals surface area contributed by atoms with Crippen LogP contribution in [-0.4, -0.2) is 9.97 Å². The van der Waals surface area contributed by atoms with Crippen LogP contribution in [-0.2, 0) is 5.41 Å². The van der Waals surface area contributed by atoms with E-state index in [4.69, 9.17) is 9.97 Å². The van der Waals surface area contributed by atoms with E-state index in [1.807, 2.05) is 18.2 Å². The van der Waals surface area contributed by atoms with Crippen LogP contribution in [0.25, 0.3) is 11.3 Å². The highest BCUT2D eigenvalue weighted by molar-refractivity contribution is 5.59. The molecule has 0 bridgehead atoms. The average molecular weight is 379 g/mol. The molecule has 0 spiro atoms. The molecule has 0 saturated carbocycles. The van der Waals surface area contributed by atoms with E-state index in [1.165, 1.54) is 5.56 Å². The molecule has 0 aliphatic rings. The fraction of sp³-hybridized carbons (Fsp3) is 0.185. The van der Waals surface area contributed by atoms with Crippen LogP contribution in [0.5, 0.6) is 0 Å². The number of pyridine rings is 2. The van der Waals surface area contributed by atoms with Gasteiger partial charge in [0.2, 0.25) is 0 Å². The standard InChI is InChI=1S/C27H26N2/c1-20(23-16-10-18-25(28-23)21-12-6-4-7-13-21)24-17-11-19-26(29-24)27(2,3)22-14-8-5-9-15-22/h4-20H,1-3H3. The summed E-state index contributed by atoms with van der Waals surface area (Å²) in [5.41, 5.74) is 6.40. The van der Waals surface area contributed by atoms with Gasteiger partial charge in [0.15, 0.2) is 0 Å². The lowest BCUT2D eigenvalue weighted by atomic mass is 9.81. The van der Waals surface area contributed by atoms with E-state index in [0.29, 0.717) is 0 Å². The van der Waals surface area contributed by atoms with Crippen molar-refractivity contribution in [2.75, 3.05) is 0 Å². The van der Waals surface area contributed by atoms with Crippen molar-refractivity contribution in [3.8, 4) is 11.3 Å². The van der Waals surface area contributed by atoms with Crippen molar-refractivity contribution in [3.63, 3.8) is 0 Å². The van der Waals surface area contributed by atoms with Crippen molar-refractivity contribution in [3.05, 3.63) is 120 Å². The Hall–Kier alpha value is -3.26. The van der Waals surface area contributed by atoms with Gasteiger partial charge in [-0.2, -0.15) is 0 Å². The topological polar surface area (TPSA) is 25.8 Å². The van der Waals surface area contributed by atoms with E-state index in [1.54, 1.807) is 0 Å². The summed E-state index contributed by atoms with van der Waals surface area (Å²) < 4.78 is 0. The summed E-state index contributed by atoms with van der Waals surface area (Å²) in [7, 11) is 0. The molecule has 4 rings (SSSR count). The molecule has 4 aromatic rings. The molecule has 144 valence electrons. The molecule has 0 amide bonds. The zero-order valence-corrected chi connectivity index (χ0v) is 17.2. The molecule has 1 atom stereocenters. The number of aromatic nitrogens is 2. The van der Waals surface area contributed by atoms with Gasteiger partial charge < -0.3 is 0 Å². The highest BCUT2D eigenvalue weighted by atomic mass is 14.8. The van der Waals surface area contributed by atoms with Crippen LogP contribution in [0.3, 0.4) is 0 Å². The lowest BCUT2D eigenvalue weighted by molar-refractivity contribution is 0.609. The van der Waals surface area contributed by atoms with E-state index in [0.717, 1.165) is 28.3 Å². The molecule has 0 N–H and O–H groups in total. The zero-order chi connectivity index (χ0) is 20.3. The van der Waals surface area contributed by atoms with Crippen molar-refractivity contribution in [1.82, 2.24) is 9.97 Å². The van der Waals surface area contributed by atoms with Gasteiger partial charge >= 0.3 is 0 Å². The highest BCUT2D eigenvalue weighted by Gasteiger charge is 2.25. The van der Waals surface area contributed by atoms with Gasteiger partial charge in [0, 0.05) is 28.3 Å². The first-order valence-electron chi connectivity index (χ1n) is 10.1. The minimum atomic E-state index is -0.156. The lowest BCUT2D eigenvalue weighted by Crippen LogP contribution is -2.21. The Morgan fingerprint density at radius 1 is 0.621 bits per heavy atom. The molecule has 0 radical (unpaired) electrons. The first-order chi connectivity index (χ1) is 14.1. The molecule has 29 heavy (non-hydrogen) atoms. The van der Waals surface area contributed by atoms with E-state index in [9.17, 15) is 0 Å². The van der Waals surface area contributed by atoms with Crippen LogP contribution in [0.15, 0.2) is 97.1 Å². The monoisotopic (exact) mass is 378 g/mol. The lowest BCUT2D eigenvalue weighted by Gasteiger charge is -2.26. The van der Waals surface area contributed by atoms with E-state index >= 15 is 0 Å². The van der Waals surface area contributed by atoms with Crippen molar-refractivity contribution in [2.45, 2.75) is 32.1 Å². The summed E-state index contributed by atoms with van der Waals surface area (Å²) in [6.45, 7) is 6.64. The SMILES string of the molecule is CC(c1cccc(-c2ccccc2)n1)c1cccc(C(C)(C)c2ccccc2)n1. The number of hydrogen-bond donors (Lipinski definition) is 0. The molecule has 2 heterocycles. The fourth-order valence-corrected chi connectivity index (χ4v) is 3.66. The highest BCUT2D eigenvalue weighted by Crippen LogP contribution is 2.32. The number of rotatable bonds is 5. The van der Waals surface area contributed by atoms with Gasteiger partial charge in [-0.1, -0.05) is 93.6 Å². The van der Waals surface area contributed by atoms with Crippen molar-refractivity contribution in [2.24, 2.45) is 0 Å². The second-order valence-electron chi connectivity index (χ2n) is 7.97. The van der Waals surface area contributed by atoms with Crippen molar-refractivity contribution < 1.29 is 0 Å². The van der Waals surface area contributed by atoms with Crippen molar-refractivity contribution >= 4 is 0 Å². The van der Waals surface area contributed by atoms with Gasteiger partial charge in [-0.15, -0.1) is 0 Å². The first kappa shape index (κ1) is 19.1. The van der Waals surface area contributed by atoms with E-state index in [-0.39, 0.29) is 11.3 Å². The van der Waals surface area contributed by atoms with Crippen LogP contribution in [0.4, 0.5) is 0 Å². The third kappa shape index (κ3) is 3.97. The van der Waals surface area contributed by atoms with E-state index in [2.05, 4.69) is 99.6 Å². The van der Waals surface area contributed by atoms with Crippen LogP contribution in [0.1, 0.15) is 49.3 Å². The number of hydrogen-bond acceptors (Lipinski definition) is 2. The second-order valence-corrected chi connectivity index (χ2v) is 7.97. The Balaban J connectivity index is 1.67.